The number of aromatic nitrogens is 1. The monoisotopic (exact) mass is 183 g/mol. The first kappa shape index (κ1) is 9.60. The Labute approximate surface area is 75.9 Å². The van der Waals surface area contributed by atoms with E-state index >= 15 is 0 Å². The molecule has 0 saturated carbocycles. The first-order valence-electron chi connectivity index (χ1n) is 4.02. The van der Waals surface area contributed by atoms with Crippen LogP contribution in [0.25, 0.3) is 0 Å². The molecule has 72 valence electrons. The number of H-pyrrole nitrogens is 1. The number of hydrogen-bond donors (Lipinski definition) is 4. The summed E-state index contributed by atoms with van der Waals surface area (Å²) in [4.78, 5) is 13.1. The molecule has 1 rings (SSSR count). The minimum absolute atomic E-state index is 0.0164. The van der Waals surface area contributed by atoms with E-state index in [9.17, 15) is 4.79 Å². The molecular formula is C8H13N3O2. The van der Waals surface area contributed by atoms with Crippen molar-refractivity contribution in [2.24, 2.45) is 5.73 Å². The van der Waals surface area contributed by atoms with E-state index in [1.165, 1.54) is 0 Å². The van der Waals surface area contributed by atoms with Crippen molar-refractivity contribution in [3.05, 3.63) is 18.5 Å². The van der Waals surface area contributed by atoms with Crippen LogP contribution >= 0.6 is 0 Å². The molecule has 0 aliphatic heterocycles. The molecule has 0 radical (unpaired) electrons. The third-order valence-electron chi connectivity index (χ3n) is 1.60. The molecule has 0 saturated heterocycles. The van der Waals surface area contributed by atoms with E-state index in [2.05, 4.69) is 10.3 Å². The van der Waals surface area contributed by atoms with Crippen molar-refractivity contribution in [2.75, 3.05) is 11.9 Å². The Balaban J connectivity index is 2.22. The molecule has 5 heteroatoms. The largest absolute Gasteiger partial charge is 0.481 e. The lowest BCUT2D eigenvalue weighted by Gasteiger charge is -2.09. The zero-order chi connectivity index (χ0) is 9.68. The standard InChI is InChI=1S/C8H13N3O2/c9-6(3-8(12)13)4-11-7-1-2-10-5-7/h1-2,5-6,10-11H,3-4,9H2,(H,12,13). The molecule has 0 bridgehead atoms. The Bertz CT molecular complexity index is 258. The van der Waals surface area contributed by atoms with Crippen molar-refractivity contribution in [1.29, 1.82) is 0 Å². The first-order valence-corrected chi connectivity index (χ1v) is 4.02. The van der Waals surface area contributed by atoms with Crippen molar-refractivity contribution in [2.45, 2.75) is 12.5 Å². The highest BCUT2D eigenvalue weighted by molar-refractivity contribution is 5.67. The van der Waals surface area contributed by atoms with Gasteiger partial charge >= 0.3 is 5.97 Å². The minimum atomic E-state index is -0.872. The topological polar surface area (TPSA) is 91.1 Å². The second kappa shape index (κ2) is 4.51. The molecule has 0 fully saturated rings. The SMILES string of the molecule is NC(CNc1cc[nH]c1)CC(=O)O. The van der Waals surface area contributed by atoms with Crippen molar-refractivity contribution in [3.8, 4) is 0 Å². The number of carbonyl (C=O) groups is 1. The van der Waals surface area contributed by atoms with Gasteiger partial charge in [0.1, 0.15) is 0 Å². The van der Waals surface area contributed by atoms with E-state index in [0.717, 1.165) is 5.69 Å². The maximum atomic E-state index is 10.3. The minimum Gasteiger partial charge on any atom is -0.481 e. The molecule has 0 aromatic carbocycles. The summed E-state index contributed by atoms with van der Waals surface area (Å²) in [6.45, 7) is 0.462. The molecule has 1 aromatic rings. The van der Waals surface area contributed by atoms with Gasteiger partial charge in [0.2, 0.25) is 0 Å². The summed E-state index contributed by atoms with van der Waals surface area (Å²) < 4.78 is 0. The van der Waals surface area contributed by atoms with Gasteiger partial charge in [-0.1, -0.05) is 0 Å². The van der Waals surface area contributed by atoms with Crippen LogP contribution in [-0.2, 0) is 4.79 Å². The summed E-state index contributed by atoms with van der Waals surface area (Å²) in [6, 6.07) is 1.50. The zero-order valence-electron chi connectivity index (χ0n) is 7.16. The molecule has 5 N–H and O–H groups in total. The lowest BCUT2D eigenvalue weighted by molar-refractivity contribution is -0.137. The third-order valence-corrected chi connectivity index (χ3v) is 1.60. The Morgan fingerprint density at radius 2 is 2.54 bits per heavy atom. The molecule has 0 amide bonds. The van der Waals surface area contributed by atoms with Crippen LogP contribution in [0.15, 0.2) is 18.5 Å². The molecule has 1 atom stereocenters. The number of nitrogens with two attached hydrogens (primary N) is 1. The van der Waals surface area contributed by atoms with Gasteiger partial charge in [0.25, 0.3) is 0 Å². The predicted octanol–water partition coefficient (Wildman–Crippen LogP) is 0.229. The number of nitrogens with one attached hydrogen (secondary N) is 2. The van der Waals surface area contributed by atoms with Crippen LogP contribution in [-0.4, -0.2) is 28.6 Å². The molecular weight excluding hydrogens is 170 g/mol. The highest BCUT2D eigenvalue weighted by Gasteiger charge is 2.06. The zero-order valence-corrected chi connectivity index (χ0v) is 7.16. The summed E-state index contributed by atoms with van der Waals surface area (Å²) in [6.07, 6.45) is 3.55. The van der Waals surface area contributed by atoms with Crippen LogP contribution in [0.2, 0.25) is 0 Å². The van der Waals surface area contributed by atoms with E-state index in [0.29, 0.717) is 6.54 Å². The van der Waals surface area contributed by atoms with Gasteiger partial charge in [-0.05, 0) is 6.07 Å². The van der Waals surface area contributed by atoms with Crippen LogP contribution in [0.3, 0.4) is 0 Å². The Kier molecular flexibility index (Phi) is 3.33. The van der Waals surface area contributed by atoms with E-state index in [1.54, 1.807) is 12.4 Å². The van der Waals surface area contributed by atoms with Gasteiger partial charge in [0.15, 0.2) is 0 Å². The highest BCUT2D eigenvalue weighted by Crippen LogP contribution is 2.03. The number of hydrogen-bond acceptors (Lipinski definition) is 3. The van der Waals surface area contributed by atoms with Crippen LogP contribution in [0.5, 0.6) is 0 Å². The van der Waals surface area contributed by atoms with Crippen molar-refractivity contribution >= 4 is 11.7 Å². The summed E-state index contributed by atoms with van der Waals surface area (Å²) in [7, 11) is 0. The maximum Gasteiger partial charge on any atom is 0.304 e. The highest BCUT2D eigenvalue weighted by atomic mass is 16.4. The van der Waals surface area contributed by atoms with Crippen molar-refractivity contribution < 1.29 is 9.90 Å². The Morgan fingerprint density at radius 3 is 3.08 bits per heavy atom. The molecule has 1 aromatic heterocycles. The number of aliphatic carboxylic acids is 1. The van der Waals surface area contributed by atoms with Crippen molar-refractivity contribution in [3.63, 3.8) is 0 Å². The van der Waals surface area contributed by atoms with Crippen molar-refractivity contribution in [1.82, 2.24) is 4.98 Å². The second-order valence-electron chi connectivity index (χ2n) is 2.84. The maximum absolute atomic E-state index is 10.3. The Hall–Kier alpha value is -1.49. The Morgan fingerprint density at radius 1 is 1.77 bits per heavy atom. The summed E-state index contributed by atoms with van der Waals surface area (Å²) in [5, 5.41) is 11.4. The number of aromatic amines is 1. The van der Waals surface area contributed by atoms with E-state index in [1.807, 2.05) is 6.07 Å². The fourth-order valence-corrected chi connectivity index (χ4v) is 0.979. The van der Waals surface area contributed by atoms with E-state index < -0.39 is 5.97 Å². The fourth-order valence-electron chi connectivity index (χ4n) is 0.979. The number of carboxylic acids is 1. The van der Waals surface area contributed by atoms with Gasteiger partial charge in [-0.2, -0.15) is 0 Å². The quantitative estimate of drug-likeness (QED) is 0.526. The summed E-state index contributed by atoms with van der Waals surface area (Å²) in [5.41, 5.74) is 6.46. The normalized spacial score (nSPS) is 12.4. The van der Waals surface area contributed by atoms with Gasteiger partial charge in [-0.25, -0.2) is 0 Å². The van der Waals surface area contributed by atoms with Crippen LogP contribution in [0, 0.1) is 0 Å². The smallest absolute Gasteiger partial charge is 0.304 e. The number of carboxylic acid groups (broad SMARTS) is 1. The molecule has 0 aliphatic rings. The molecule has 13 heavy (non-hydrogen) atoms. The average Bonchev–Trinajstić information content (AvgIpc) is 2.51. The van der Waals surface area contributed by atoms with Gasteiger partial charge in [0.05, 0.1) is 12.1 Å². The second-order valence-corrected chi connectivity index (χ2v) is 2.84. The van der Waals surface area contributed by atoms with Gasteiger partial charge < -0.3 is 21.1 Å². The molecule has 1 heterocycles. The third kappa shape index (κ3) is 3.62. The summed E-state index contributed by atoms with van der Waals surface area (Å²) in [5.74, 6) is -0.872. The summed E-state index contributed by atoms with van der Waals surface area (Å²) >= 11 is 0. The molecule has 5 nitrogen and oxygen atoms in total. The fraction of sp³-hybridized carbons (Fsp3) is 0.375. The average molecular weight is 183 g/mol. The molecule has 0 spiro atoms. The first-order chi connectivity index (χ1) is 6.18. The predicted molar refractivity (Wildman–Crippen MR) is 49.5 cm³/mol. The van der Waals surface area contributed by atoms with Crippen LogP contribution < -0.4 is 11.1 Å². The van der Waals surface area contributed by atoms with E-state index in [4.69, 9.17) is 10.8 Å². The number of anilines is 1. The van der Waals surface area contributed by atoms with E-state index in [-0.39, 0.29) is 12.5 Å². The van der Waals surface area contributed by atoms with Gasteiger partial charge in [-0.3, -0.25) is 4.79 Å². The van der Waals surface area contributed by atoms with Gasteiger partial charge in [0, 0.05) is 25.0 Å². The lowest BCUT2D eigenvalue weighted by atomic mass is 10.2. The number of rotatable bonds is 5. The van der Waals surface area contributed by atoms with Gasteiger partial charge in [-0.15, -0.1) is 0 Å². The lowest BCUT2D eigenvalue weighted by Crippen LogP contribution is -2.31. The molecule has 0 aliphatic carbocycles. The van der Waals surface area contributed by atoms with Crippen LogP contribution in [0.1, 0.15) is 6.42 Å². The molecule has 1 unspecified atom stereocenters. The van der Waals surface area contributed by atoms with Crippen LogP contribution in [0.4, 0.5) is 5.69 Å².